The molecule has 1 aliphatic heterocycles. The van der Waals surface area contributed by atoms with Gasteiger partial charge in [-0.25, -0.2) is 4.79 Å². The van der Waals surface area contributed by atoms with Gasteiger partial charge in [0.1, 0.15) is 0 Å². The number of aryl methyl sites for hydroxylation is 2. The molecule has 2 aromatic rings. The lowest BCUT2D eigenvalue weighted by molar-refractivity contribution is -0.131. The van der Waals surface area contributed by atoms with Crippen LogP contribution in [0.15, 0.2) is 23.0 Å². The highest BCUT2D eigenvalue weighted by molar-refractivity contribution is 6.10. The van der Waals surface area contributed by atoms with Crippen LogP contribution < -0.4 is 16.0 Å². The highest BCUT2D eigenvalue weighted by atomic mass is 16.5. The molecule has 1 fully saturated rings. The lowest BCUT2D eigenvalue weighted by atomic mass is 10.1. The van der Waals surface area contributed by atoms with Crippen molar-refractivity contribution in [3.05, 3.63) is 34.2 Å². The molecule has 1 aliphatic rings. The van der Waals surface area contributed by atoms with Crippen molar-refractivity contribution in [2.75, 3.05) is 31.8 Å². The number of rotatable bonds is 9. The second-order valence-electron chi connectivity index (χ2n) is 7.10. The summed E-state index contributed by atoms with van der Waals surface area (Å²) in [6.45, 7) is 2.39. The van der Waals surface area contributed by atoms with E-state index in [2.05, 4.69) is 5.32 Å². The standard InChI is InChI=1S/C20H28N4O4/c1-21-11-5-13-28-12-4-6-15-9-10-16-17(14-15)22(2)20(27)23(16)24-18(25)7-3-8-19(24)26/h9-10,14,21H,3-8,11-13H2,1-2H3. The van der Waals surface area contributed by atoms with E-state index in [1.807, 2.05) is 25.2 Å². The first-order chi connectivity index (χ1) is 13.5. The molecule has 0 saturated carbocycles. The third-order valence-electron chi connectivity index (χ3n) is 5.02. The molecule has 1 aromatic carbocycles. The zero-order valence-electron chi connectivity index (χ0n) is 16.6. The summed E-state index contributed by atoms with van der Waals surface area (Å²) in [5, 5.41) is 4.09. The van der Waals surface area contributed by atoms with E-state index >= 15 is 0 Å². The Labute approximate surface area is 164 Å². The van der Waals surface area contributed by atoms with Crippen molar-refractivity contribution in [3.8, 4) is 0 Å². The molecule has 0 spiro atoms. The Morgan fingerprint density at radius 3 is 2.46 bits per heavy atom. The van der Waals surface area contributed by atoms with Gasteiger partial charge in [-0.3, -0.25) is 14.2 Å². The van der Waals surface area contributed by atoms with Gasteiger partial charge in [-0.15, -0.1) is 0 Å². The van der Waals surface area contributed by atoms with E-state index in [0.29, 0.717) is 24.1 Å². The Bertz CT molecular complexity index is 899. The van der Waals surface area contributed by atoms with Crippen molar-refractivity contribution in [2.45, 2.75) is 38.5 Å². The highest BCUT2D eigenvalue weighted by Crippen LogP contribution is 2.19. The van der Waals surface area contributed by atoms with Crippen LogP contribution in [-0.4, -0.2) is 47.9 Å². The topological polar surface area (TPSA) is 85.6 Å². The molecular weight excluding hydrogens is 360 g/mol. The average Bonchev–Trinajstić information content (AvgIpc) is 2.92. The van der Waals surface area contributed by atoms with E-state index in [-0.39, 0.29) is 30.3 Å². The zero-order chi connectivity index (χ0) is 20.1. The van der Waals surface area contributed by atoms with E-state index in [9.17, 15) is 14.4 Å². The van der Waals surface area contributed by atoms with Crippen LogP contribution in [0.25, 0.3) is 11.0 Å². The number of carbonyl (C=O) groups excluding carboxylic acids is 2. The van der Waals surface area contributed by atoms with Crippen molar-refractivity contribution >= 4 is 22.8 Å². The highest BCUT2D eigenvalue weighted by Gasteiger charge is 2.31. The van der Waals surface area contributed by atoms with Gasteiger partial charge < -0.3 is 10.1 Å². The molecule has 8 nitrogen and oxygen atoms in total. The summed E-state index contributed by atoms with van der Waals surface area (Å²) in [4.78, 5) is 37.3. The number of nitrogens with one attached hydrogen (secondary N) is 1. The van der Waals surface area contributed by atoms with Gasteiger partial charge in [0.2, 0.25) is 11.8 Å². The number of nitrogens with zero attached hydrogens (tertiary/aromatic N) is 3. The van der Waals surface area contributed by atoms with Gasteiger partial charge >= 0.3 is 5.69 Å². The summed E-state index contributed by atoms with van der Waals surface area (Å²) in [6, 6.07) is 5.71. The first kappa shape index (κ1) is 20.3. The molecule has 0 bridgehead atoms. The van der Waals surface area contributed by atoms with Crippen molar-refractivity contribution in [3.63, 3.8) is 0 Å². The first-order valence-electron chi connectivity index (χ1n) is 9.83. The van der Waals surface area contributed by atoms with Crippen LogP contribution in [0.3, 0.4) is 0 Å². The summed E-state index contributed by atoms with van der Waals surface area (Å²) >= 11 is 0. The maximum atomic E-state index is 12.7. The minimum absolute atomic E-state index is 0.279. The SMILES string of the molecule is CNCCCOCCCc1ccc2c(c1)n(C)c(=O)n2N1C(=O)CCCC1=O. The molecule has 0 atom stereocenters. The smallest absolute Gasteiger partial charge is 0.348 e. The third-order valence-corrected chi connectivity index (χ3v) is 5.02. The Kier molecular flexibility index (Phi) is 6.64. The molecule has 1 N–H and O–H groups in total. The molecule has 0 unspecified atom stereocenters. The number of carbonyl (C=O) groups is 2. The quantitative estimate of drug-likeness (QED) is 0.513. The summed E-state index contributed by atoms with van der Waals surface area (Å²) in [5.41, 5.74) is 1.99. The molecule has 1 saturated heterocycles. The molecular formula is C20H28N4O4. The van der Waals surface area contributed by atoms with Crippen LogP contribution in [0.1, 0.15) is 37.7 Å². The maximum absolute atomic E-state index is 12.7. The zero-order valence-corrected chi connectivity index (χ0v) is 16.6. The molecule has 2 heterocycles. The fourth-order valence-electron chi connectivity index (χ4n) is 3.51. The average molecular weight is 388 g/mol. The van der Waals surface area contributed by atoms with Gasteiger partial charge in [0.15, 0.2) is 0 Å². The molecule has 3 rings (SSSR count). The Morgan fingerprint density at radius 1 is 1.04 bits per heavy atom. The number of aromatic nitrogens is 2. The minimum Gasteiger partial charge on any atom is -0.381 e. The van der Waals surface area contributed by atoms with Crippen molar-refractivity contribution < 1.29 is 14.3 Å². The molecule has 2 amide bonds. The minimum atomic E-state index is -0.386. The molecule has 0 aliphatic carbocycles. The van der Waals surface area contributed by atoms with E-state index in [1.54, 1.807) is 7.05 Å². The van der Waals surface area contributed by atoms with Crippen molar-refractivity contribution in [2.24, 2.45) is 7.05 Å². The predicted molar refractivity (Wildman–Crippen MR) is 107 cm³/mol. The van der Waals surface area contributed by atoms with Crippen LogP contribution in [0, 0.1) is 0 Å². The van der Waals surface area contributed by atoms with Gasteiger partial charge in [0.25, 0.3) is 0 Å². The summed E-state index contributed by atoms with van der Waals surface area (Å²) in [5.74, 6) is -0.657. The monoisotopic (exact) mass is 388 g/mol. The molecule has 0 radical (unpaired) electrons. The van der Waals surface area contributed by atoms with Crippen LogP contribution in [0.5, 0.6) is 0 Å². The molecule has 1 aromatic heterocycles. The third kappa shape index (κ3) is 4.18. The Morgan fingerprint density at radius 2 is 1.75 bits per heavy atom. The maximum Gasteiger partial charge on any atom is 0.348 e. The van der Waals surface area contributed by atoms with Gasteiger partial charge in [-0.05, 0) is 57.0 Å². The number of imidazole rings is 1. The fraction of sp³-hybridized carbons (Fsp3) is 0.550. The lowest BCUT2D eigenvalue weighted by Crippen LogP contribution is -2.52. The number of piperidine rings is 1. The number of benzene rings is 1. The summed E-state index contributed by atoms with van der Waals surface area (Å²) < 4.78 is 8.32. The second kappa shape index (κ2) is 9.16. The Balaban J connectivity index is 1.75. The van der Waals surface area contributed by atoms with Gasteiger partial charge in [0.05, 0.1) is 11.0 Å². The van der Waals surface area contributed by atoms with E-state index in [0.717, 1.165) is 43.0 Å². The number of fused-ring (bicyclic) bond motifs is 1. The van der Waals surface area contributed by atoms with Gasteiger partial charge in [0, 0.05) is 33.1 Å². The van der Waals surface area contributed by atoms with Crippen LogP contribution >= 0.6 is 0 Å². The Hall–Kier alpha value is -2.45. The van der Waals surface area contributed by atoms with Crippen molar-refractivity contribution in [1.82, 2.24) is 14.6 Å². The van der Waals surface area contributed by atoms with E-state index in [1.165, 1.54) is 9.24 Å². The van der Waals surface area contributed by atoms with Crippen LogP contribution in [0.4, 0.5) is 0 Å². The summed E-state index contributed by atoms with van der Waals surface area (Å²) in [6.07, 6.45) is 3.81. The van der Waals surface area contributed by atoms with Gasteiger partial charge in [-0.2, -0.15) is 9.69 Å². The summed E-state index contributed by atoms with van der Waals surface area (Å²) in [7, 11) is 3.59. The van der Waals surface area contributed by atoms with E-state index < -0.39 is 0 Å². The van der Waals surface area contributed by atoms with Crippen molar-refractivity contribution in [1.29, 1.82) is 0 Å². The second-order valence-corrected chi connectivity index (χ2v) is 7.10. The lowest BCUT2D eigenvalue weighted by Gasteiger charge is -2.25. The van der Waals surface area contributed by atoms with Crippen LogP contribution in [-0.2, 0) is 27.8 Å². The fourth-order valence-corrected chi connectivity index (χ4v) is 3.51. The number of hydrogen-bond donors (Lipinski definition) is 1. The first-order valence-corrected chi connectivity index (χ1v) is 9.83. The number of hydrogen-bond acceptors (Lipinski definition) is 5. The normalized spacial score (nSPS) is 15.0. The molecule has 8 heteroatoms. The molecule has 152 valence electrons. The largest absolute Gasteiger partial charge is 0.381 e. The number of imide groups is 1. The number of ether oxygens (including phenoxy) is 1. The van der Waals surface area contributed by atoms with Crippen LogP contribution in [0.2, 0.25) is 0 Å². The predicted octanol–water partition coefficient (Wildman–Crippen LogP) is 1.07. The molecule has 28 heavy (non-hydrogen) atoms. The van der Waals surface area contributed by atoms with Gasteiger partial charge in [-0.1, -0.05) is 6.07 Å². The van der Waals surface area contributed by atoms with E-state index in [4.69, 9.17) is 4.74 Å². The number of amides is 2.